The number of hydrogen-bond acceptors (Lipinski definition) is 3. The summed E-state index contributed by atoms with van der Waals surface area (Å²) in [5.74, 6) is 0.742. The first-order valence-electron chi connectivity index (χ1n) is 6.01. The van der Waals surface area contributed by atoms with E-state index in [-0.39, 0.29) is 0 Å². The lowest BCUT2D eigenvalue weighted by Crippen LogP contribution is -1.94. The second-order valence-corrected chi connectivity index (χ2v) is 5.47. The standard InChI is InChI=1S/C15H13BrN2O/c1-8-6-9(2)13-11(7-8)17-15-12(19-3)5-4-10(16)14(15)18-13/h4-7H,1-3H3. The Morgan fingerprint density at radius 1 is 1.00 bits per heavy atom. The zero-order chi connectivity index (χ0) is 13.6. The lowest BCUT2D eigenvalue weighted by molar-refractivity contribution is 0.419. The normalized spacial score (nSPS) is 11.2. The van der Waals surface area contributed by atoms with Crippen LogP contribution in [-0.2, 0) is 0 Å². The Kier molecular flexibility index (Phi) is 2.90. The zero-order valence-electron chi connectivity index (χ0n) is 11.0. The molecule has 19 heavy (non-hydrogen) atoms. The molecule has 0 saturated carbocycles. The zero-order valence-corrected chi connectivity index (χ0v) is 12.6. The van der Waals surface area contributed by atoms with Crippen molar-refractivity contribution in [2.75, 3.05) is 7.11 Å². The maximum absolute atomic E-state index is 5.37. The van der Waals surface area contributed by atoms with E-state index in [4.69, 9.17) is 14.7 Å². The maximum atomic E-state index is 5.37. The topological polar surface area (TPSA) is 35.0 Å². The van der Waals surface area contributed by atoms with E-state index in [1.165, 1.54) is 5.56 Å². The van der Waals surface area contributed by atoms with Gasteiger partial charge in [-0.05, 0) is 59.1 Å². The van der Waals surface area contributed by atoms with Crippen molar-refractivity contribution in [2.45, 2.75) is 13.8 Å². The van der Waals surface area contributed by atoms with Crippen molar-refractivity contribution in [3.8, 4) is 5.75 Å². The van der Waals surface area contributed by atoms with E-state index >= 15 is 0 Å². The van der Waals surface area contributed by atoms with Gasteiger partial charge >= 0.3 is 0 Å². The molecule has 0 atom stereocenters. The SMILES string of the molecule is COc1ccc(Br)c2nc3c(C)cc(C)cc3nc12. The fourth-order valence-corrected chi connectivity index (χ4v) is 2.72. The molecular formula is C15H13BrN2O. The predicted molar refractivity (Wildman–Crippen MR) is 80.8 cm³/mol. The minimum atomic E-state index is 0.742. The molecule has 0 unspecified atom stereocenters. The van der Waals surface area contributed by atoms with Crippen LogP contribution in [0.5, 0.6) is 5.75 Å². The fourth-order valence-electron chi connectivity index (χ4n) is 2.32. The molecule has 1 aromatic heterocycles. The van der Waals surface area contributed by atoms with E-state index in [0.29, 0.717) is 0 Å². The molecule has 0 spiro atoms. The predicted octanol–water partition coefficient (Wildman–Crippen LogP) is 4.17. The molecule has 0 aliphatic rings. The minimum absolute atomic E-state index is 0.742. The highest BCUT2D eigenvalue weighted by atomic mass is 79.9. The molecular weight excluding hydrogens is 304 g/mol. The number of rotatable bonds is 1. The highest BCUT2D eigenvalue weighted by Gasteiger charge is 2.11. The Balaban J connectivity index is 2.51. The van der Waals surface area contributed by atoms with Crippen LogP contribution in [0.4, 0.5) is 0 Å². The number of fused-ring (bicyclic) bond motifs is 2. The molecule has 4 heteroatoms. The van der Waals surface area contributed by atoms with E-state index in [1.807, 2.05) is 12.1 Å². The Morgan fingerprint density at radius 3 is 2.53 bits per heavy atom. The molecule has 2 aromatic carbocycles. The van der Waals surface area contributed by atoms with Crippen LogP contribution < -0.4 is 4.74 Å². The average molecular weight is 317 g/mol. The first kappa shape index (κ1) is 12.4. The smallest absolute Gasteiger partial charge is 0.146 e. The third-order valence-electron chi connectivity index (χ3n) is 3.17. The maximum Gasteiger partial charge on any atom is 0.146 e. The molecule has 3 nitrogen and oxygen atoms in total. The second kappa shape index (κ2) is 4.46. The Morgan fingerprint density at radius 2 is 1.79 bits per heavy atom. The summed E-state index contributed by atoms with van der Waals surface area (Å²) in [6.45, 7) is 4.13. The summed E-state index contributed by atoms with van der Waals surface area (Å²) in [7, 11) is 1.65. The van der Waals surface area contributed by atoms with Gasteiger partial charge in [-0.3, -0.25) is 0 Å². The van der Waals surface area contributed by atoms with E-state index < -0.39 is 0 Å². The van der Waals surface area contributed by atoms with Crippen LogP contribution in [-0.4, -0.2) is 17.1 Å². The number of aryl methyl sites for hydroxylation is 2. The molecule has 0 saturated heterocycles. The molecule has 0 amide bonds. The quantitative estimate of drug-likeness (QED) is 0.632. The number of halogens is 1. The van der Waals surface area contributed by atoms with Crippen LogP contribution in [0.15, 0.2) is 28.7 Å². The highest BCUT2D eigenvalue weighted by molar-refractivity contribution is 9.10. The monoisotopic (exact) mass is 316 g/mol. The Bertz CT molecular complexity index is 799. The van der Waals surface area contributed by atoms with Gasteiger partial charge in [0, 0.05) is 4.47 Å². The summed E-state index contributed by atoms with van der Waals surface area (Å²) in [4.78, 5) is 9.45. The first-order chi connectivity index (χ1) is 9.10. The van der Waals surface area contributed by atoms with Gasteiger partial charge in [0.05, 0.1) is 18.1 Å². The summed E-state index contributed by atoms with van der Waals surface area (Å²) in [6.07, 6.45) is 0. The molecule has 96 valence electrons. The van der Waals surface area contributed by atoms with E-state index in [9.17, 15) is 0 Å². The summed E-state index contributed by atoms with van der Waals surface area (Å²) < 4.78 is 6.30. The van der Waals surface area contributed by atoms with Gasteiger partial charge in [0.25, 0.3) is 0 Å². The lowest BCUT2D eigenvalue weighted by atomic mass is 10.1. The van der Waals surface area contributed by atoms with Gasteiger partial charge in [-0.15, -0.1) is 0 Å². The molecule has 0 fully saturated rings. The summed E-state index contributed by atoms with van der Waals surface area (Å²) in [5.41, 5.74) is 5.79. The van der Waals surface area contributed by atoms with Crippen molar-refractivity contribution >= 4 is 38.0 Å². The Labute approximate surface area is 119 Å². The summed E-state index contributed by atoms with van der Waals surface area (Å²) in [5, 5.41) is 0. The minimum Gasteiger partial charge on any atom is -0.494 e. The van der Waals surface area contributed by atoms with E-state index in [1.54, 1.807) is 7.11 Å². The van der Waals surface area contributed by atoms with Crippen molar-refractivity contribution < 1.29 is 4.74 Å². The van der Waals surface area contributed by atoms with Crippen LogP contribution in [0.3, 0.4) is 0 Å². The van der Waals surface area contributed by atoms with Gasteiger partial charge in [-0.1, -0.05) is 6.07 Å². The van der Waals surface area contributed by atoms with Crippen molar-refractivity contribution in [1.82, 2.24) is 9.97 Å². The highest BCUT2D eigenvalue weighted by Crippen LogP contribution is 2.31. The number of methoxy groups -OCH3 is 1. The van der Waals surface area contributed by atoms with Crippen LogP contribution in [0.25, 0.3) is 22.1 Å². The molecule has 1 heterocycles. The van der Waals surface area contributed by atoms with Gasteiger partial charge in [0.2, 0.25) is 0 Å². The second-order valence-electron chi connectivity index (χ2n) is 4.62. The number of ether oxygens (including phenoxy) is 1. The van der Waals surface area contributed by atoms with Gasteiger partial charge in [-0.2, -0.15) is 0 Å². The molecule has 0 bridgehead atoms. The summed E-state index contributed by atoms with van der Waals surface area (Å²) in [6, 6.07) is 8.01. The molecule has 3 rings (SSSR count). The fraction of sp³-hybridized carbons (Fsp3) is 0.200. The first-order valence-corrected chi connectivity index (χ1v) is 6.80. The van der Waals surface area contributed by atoms with Crippen molar-refractivity contribution in [2.24, 2.45) is 0 Å². The number of hydrogen-bond donors (Lipinski definition) is 0. The molecule has 0 aliphatic heterocycles. The van der Waals surface area contributed by atoms with Gasteiger partial charge in [0.1, 0.15) is 16.8 Å². The molecule has 0 N–H and O–H groups in total. The number of aromatic nitrogens is 2. The van der Waals surface area contributed by atoms with E-state index in [0.717, 1.165) is 37.9 Å². The van der Waals surface area contributed by atoms with Crippen molar-refractivity contribution in [1.29, 1.82) is 0 Å². The summed E-state index contributed by atoms with van der Waals surface area (Å²) >= 11 is 3.53. The third-order valence-corrected chi connectivity index (χ3v) is 3.81. The lowest BCUT2D eigenvalue weighted by Gasteiger charge is -2.09. The van der Waals surface area contributed by atoms with E-state index in [2.05, 4.69) is 41.9 Å². The van der Waals surface area contributed by atoms with Crippen LogP contribution in [0.2, 0.25) is 0 Å². The van der Waals surface area contributed by atoms with Crippen LogP contribution >= 0.6 is 15.9 Å². The van der Waals surface area contributed by atoms with Crippen LogP contribution in [0, 0.1) is 13.8 Å². The number of benzene rings is 2. The molecule has 3 aromatic rings. The third kappa shape index (κ3) is 1.96. The van der Waals surface area contributed by atoms with Crippen LogP contribution in [0.1, 0.15) is 11.1 Å². The van der Waals surface area contributed by atoms with Crippen molar-refractivity contribution in [3.05, 3.63) is 39.9 Å². The number of nitrogens with zero attached hydrogens (tertiary/aromatic N) is 2. The average Bonchev–Trinajstić information content (AvgIpc) is 2.37. The van der Waals surface area contributed by atoms with Gasteiger partial charge in [-0.25, -0.2) is 9.97 Å². The van der Waals surface area contributed by atoms with Gasteiger partial charge in [0.15, 0.2) is 0 Å². The Hall–Kier alpha value is -1.68. The van der Waals surface area contributed by atoms with Crippen molar-refractivity contribution in [3.63, 3.8) is 0 Å². The van der Waals surface area contributed by atoms with Gasteiger partial charge < -0.3 is 4.74 Å². The molecule has 0 aliphatic carbocycles. The largest absolute Gasteiger partial charge is 0.494 e. The molecule has 0 radical (unpaired) electrons.